The molecule has 0 radical (unpaired) electrons. The van der Waals surface area contributed by atoms with Crippen molar-refractivity contribution in [2.24, 2.45) is 10.9 Å². The Morgan fingerprint density at radius 2 is 2.06 bits per heavy atom. The second-order valence-electron chi connectivity index (χ2n) is 7.49. The van der Waals surface area contributed by atoms with Crippen LogP contribution in [0.25, 0.3) is 6.08 Å². The van der Waals surface area contributed by atoms with E-state index in [1.165, 1.54) is 18.4 Å². The standard InChI is InChI=1S/C22H16Cl2N2O4S/c1-22-17(20(28)29-2)18(13-5-3-4-6-15(13)30-22)26-19(27)16(31-21(26)25-22)9-11-7-8-12(23)10-14(11)24/h3-10,17-18H,1-2H3/t17?,18?,22-/m1/s1. The number of thiazole rings is 1. The smallest absolute Gasteiger partial charge is 0.317 e. The molecule has 3 atom stereocenters. The molecule has 2 unspecified atom stereocenters. The molecule has 158 valence electrons. The Morgan fingerprint density at radius 3 is 2.81 bits per heavy atom. The molecule has 0 saturated heterocycles. The summed E-state index contributed by atoms with van der Waals surface area (Å²) in [7, 11) is 1.32. The number of aromatic nitrogens is 1. The van der Waals surface area contributed by atoms with Crippen LogP contribution in [0.15, 0.2) is 52.3 Å². The lowest BCUT2D eigenvalue weighted by atomic mass is 9.81. The van der Waals surface area contributed by atoms with Gasteiger partial charge in [-0.2, -0.15) is 0 Å². The number of carbonyl (C=O) groups excluding carboxylic acids is 1. The fourth-order valence-electron chi connectivity index (χ4n) is 4.19. The average molecular weight is 475 g/mol. The first-order valence-corrected chi connectivity index (χ1v) is 11.0. The number of carbonyl (C=O) groups is 1. The summed E-state index contributed by atoms with van der Waals surface area (Å²) in [6.07, 6.45) is 1.71. The molecule has 6 nitrogen and oxygen atoms in total. The number of nitrogens with zero attached hydrogens (tertiary/aromatic N) is 2. The van der Waals surface area contributed by atoms with Crippen molar-refractivity contribution in [2.75, 3.05) is 7.11 Å². The van der Waals surface area contributed by atoms with Gasteiger partial charge < -0.3 is 9.47 Å². The van der Waals surface area contributed by atoms with Crippen LogP contribution in [0.4, 0.5) is 0 Å². The zero-order valence-electron chi connectivity index (χ0n) is 16.5. The third-order valence-corrected chi connectivity index (χ3v) is 7.13. The number of hydrogen-bond acceptors (Lipinski definition) is 6. The molecule has 1 aromatic heterocycles. The molecule has 0 fully saturated rings. The lowest BCUT2D eigenvalue weighted by molar-refractivity contribution is -0.158. The number of halogens is 2. The molecule has 0 spiro atoms. The van der Waals surface area contributed by atoms with Crippen LogP contribution in [0.2, 0.25) is 10.0 Å². The van der Waals surface area contributed by atoms with Crippen LogP contribution in [0.3, 0.4) is 0 Å². The molecule has 0 aliphatic carbocycles. The van der Waals surface area contributed by atoms with Gasteiger partial charge in [0.2, 0.25) is 5.72 Å². The van der Waals surface area contributed by atoms with Gasteiger partial charge in [-0.15, -0.1) is 0 Å². The molecule has 3 heterocycles. The lowest BCUT2D eigenvalue weighted by Gasteiger charge is -2.44. The quantitative estimate of drug-likeness (QED) is 0.534. The van der Waals surface area contributed by atoms with Gasteiger partial charge >= 0.3 is 5.97 Å². The second kappa shape index (κ2) is 7.22. The molecule has 9 heteroatoms. The minimum Gasteiger partial charge on any atom is -0.469 e. The largest absolute Gasteiger partial charge is 0.469 e. The number of fused-ring (bicyclic) bond motifs is 6. The van der Waals surface area contributed by atoms with Crippen LogP contribution in [0, 0.1) is 5.92 Å². The number of ether oxygens (including phenoxy) is 2. The Bertz CT molecular complexity index is 1410. The average Bonchev–Trinajstić information content (AvgIpc) is 3.02. The van der Waals surface area contributed by atoms with Crippen LogP contribution in [-0.4, -0.2) is 23.4 Å². The predicted molar refractivity (Wildman–Crippen MR) is 119 cm³/mol. The number of esters is 1. The summed E-state index contributed by atoms with van der Waals surface area (Å²) in [5.41, 5.74) is -0.0499. The summed E-state index contributed by atoms with van der Waals surface area (Å²) < 4.78 is 13.2. The van der Waals surface area contributed by atoms with Crippen molar-refractivity contribution in [3.05, 3.63) is 83.3 Å². The van der Waals surface area contributed by atoms with E-state index in [4.69, 9.17) is 37.7 Å². The molecule has 31 heavy (non-hydrogen) atoms. The van der Waals surface area contributed by atoms with Gasteiger partial charge in [0.15, 0.2) is 4.80 Å². The Labute approximate surface area is 191 Å². The van der Waals surface area contributed by atoms with Crippen molar-refractivity contribution in [1.82, 2.24) is 4.57 Å². The minimum atomic E-state index is -1.20. The lowest BCUT2D eigenvalue weighted by Crippen LogP contribution is -2.58. The second-order valence-corrected chi connectivity index (χ2v) is 9.34. The Hall–Kier alpha value is -2.61. The van der Waals surface area contributed by atoms with Crippen molar-refractivity contribution in [1.29, 1.82) is 0 Å². The van der Waals surface area contributed by atoms with Crippen molar-refractivity contribution in [3.63, 3.8) is 0 Å². The summed E-state index contributed by atoms with van der Waals surface area (Å²) in [5.74, 6) is -0.700. The highest BCUT2D eigenvalue weighted by molar-refractivity contribution is 7.07. The van der Waals surface area contributed by atoms with Gasteiger partial charge in [0, 0.05) is 15.6 Å². The molecule has 0 amide bonds. The Morgan fingerprint density at radius 1 is 1.29 bits per heavy atom. The highest BCUT2D eigenvalue weighted by atomic mass is 35.5. The number of benzene rings is 2. The van der Waals surface area contributed by atoms with Crippen LogP contribution in [0.5, 0.6) is 5.75 Å². The molecule has 5 rings (SSSR count). The van der Waals surface area contributed by atoms with E-state index in [-0.39, 0.29) is 5.56 Å². The van der Waals surface area contributed by atoms with Gasteiger partial charge in [-0.3, -0.25) is 14.2 Å². The molecule has 3 aromatic rings. The topological polar surface area (TPSA) is 69.9 Å². The van der Waals surface area contributed by atoms with Crippen LogP contribution in [-0.2, 0) is 9.53 Å². The summed E-state index contributed by atoms with van der Waals surface area (Å²) in [6.45, 7) is 1.74. The maximum atomic E-state index is 13.5. The molecule has 2 aliphatic rings. The molecule has 0 saturated carbocycles. The minimum absolute atomic E-state index is 0.257. The van der Waals surface area contributed by atoms with Gasteiger partial charge in [0.1, 0.15) is 11.7 Å². The molecule has 2 aromatic carbocycles. The third-order valence-electron chi connectivity index (χ3n) is 5.58. The predicted octanol–water partition coefficient (Wildman–Crippen LogP) is 3.17. The fraction of sp³-hybridized carbons (Fsp3) is 0.227. The van der Waals surface area contributed by atoms with Crippen molar-refractivity contribution >= 4 is 46.6 Å². The number of para-hydroxylation sites is 1. The van der Waals surface area contributed by atoms with Gasteiger partial charge in [-0.05, 0) is 36.8 Å². The molecular weight excluding hydrogens is 459 g/mol. The normalized spacial score (nSPS) is 23.9. The third kappa shape index (κ3) is 3.11. The SMILES string of the molecule is COC(=O)C1C2c3ccccc3O[C@@]1(C)N=c1sc(=Cc3ccc(Cl)cc3Cl)c(=O)n12. The van der Waals surface area contributed by atoms with E-state index in [0.717, 1.165) is 5.56 Å². The van der Waals surface area contributed by atoms with Crippen LogP contribution < -0.4 is 19.6 Å². The van der Waals surface area contributed by atoms with E-state index in [1.54, 1.807) is 35.8 Å². The van der Waals surface area contributed by atoms with Gasteiger partial charge in [-0.25, -0.2) is 4.99 Å². The molecule has 2 aliphatic heterocycles. The summed E-state index contributed by atoms with van der Waals surface area (Å²) in [4.78, 5) is 31.4. The zero-order valence-corrected chi connectivity index (χ0v) is 18.8. The van der Waals surface area contributed by atoms with Gasteiger partial charge in [-0.1, -0.05) is 58.8 Å². The van der Waals surface area contributed by atoms with Crippen molar-refractivity contribution in [2.45, 2.75) is 18.7 Å². The maximum absolute atomic E-state index is 13.5. The maximum Gasteiger partial charge on any atom is 0.317 e. The highest BCUT2D eigenvalue weighted by Crippen LogP contribution is 2.47. The zero-order chi connectivity index (χ0) is 21.9. The van der Waals surface area contributed by atoms with Gasteiger partial charge in [0.05, 0.1) is 17.7 Å². The number of rotatable bonds is 2. The van der Waals surface area contributed by atoms with E-state index in [9.17, 15) is 9.59 Å². The van der Waals surface area contributed by atoms with E-state index < -0.39 is 23.7 Å². The Kier molecular flexibility index (Phi) is 4.73. The van der Waals surface area contributed by atoms with Crippen molar-refractivity contribution in [3.8, 4) is 5.75 Å². The molecule has 0 N–H and O–H groups in total. The first-order valence-electron chi connectivity index (χ1n) is 9.46. The van der Waals surface area contributed by atoms with E-state index in [2.05, 4.69) is 0 Å². The van der Waals surface area contributed by atoms with E-state index in [1.807, 2.05) is 24.3 Å². The van der Waals surface area contributed by atoms with Crippen molar-refractivity contribution < 1.29 is 14.3 Å². The van der Waals surface area contributed by atoms with E-state index in [0.29, 0.717) is 30.7 Å². The monoisotopic (exact) mass is 474 g/mol. The molecule has 2 bridgehead atoms. The Balaban J connectivity index is 1.80. The first-order chi connectivity index (χ1) is 14.8. The first kappa shape index (κ1) is 20.3. The van der Waals surface area contributed by atoms with Crippen LogP contribution in [0.1, 0.15) is 24.1 Å². The number of methoxy groups -OCH3 is 1. The fourth-order valence-corrected chi connectivity index (χ4v) is 5.74. The number of hydrogen-bond donors (Lipinski definition) is 0. The van der Waals surface area contributed by atoms with Crippen LogP contribution >= 0.6 is 34.5 Å². The summed E-state index contributed by atoms with van der Waals surface area (Å²) in [6, 6.07) is 11.8. The highest BCUT2D eigenvalue weighted by Gasteiger charge is 2.55. The van der Waals surface area contributed by atoms with E-state index >= 15 is 0 Å². The van der Waals surface area contributed by atoms with Gasteiger partial charge in [0.25, 0.3) is 5.56 Å². The summed E-state index contributed by atoms with van der Waals surface area (Å²) in [5, 5.41) is 0.947. The summed E-state index contributed by atoms with van der Waals surface area (Å²) >= 11 is 13.5. The molecular formula is C22H16Cl2N2O4S.